The standard InChI is InChI=1S/C17H25N5O4/c1-3-22-11-13(10-18-22)17(23)21-7-4-14(5-8-21)25-9-6-15-19-16(12-24-2)26-20-15/h10-11,14H,3-9,12H2,1-2H3. The van der Waals surface area contributed by atoms with Crippen LogP contribution in [0.25, 0.3) is 0 Å². The summed E-state index contributed by atoms with van der Waals surface area (Å²) in [4.78, 5) is 18.6. The van der Waals surface area contributed by atoms with Gasteiger partial charge in [-0.1, -0.05) is 5.16 Å². The first-order chi connectivity index (χ1) is 12.7. The van der Waals surface area contributed by atoms with Gasteiger partial charge in [0.1, 0.15) is 6.61 Å². The summed E-state index contributed by atoms with van der Waals surface area (Å²) in [7, 11) is 1.58. The molecular formula is C17H25N5O4. The number of carbonyl (C=O) groups excluding carboxylic acids is 1. The van der Waals surface area contributed by atoms with Crippen LogP contribution in [0.5, 0.6) is 0 Å². The smallest absolute Gasteiger partial charge is 0.257 e. The number of hydrogen-bond acceptors (Lipinski definition) is 7. The van der Waals surface area contributed by atoms with Gasteiger partial charge in [-0.05, 0) is 19.8 Å². The van der Waals surface area contributed by atoms with Crippen molar-refractivity contribution in [2.45, 2.75) is 45.4 Å². The molecule has 0 aliphatic carbocycles. The van der Waals surface area contributed by atoms with E-state index in [1.165, 1.54) is 0 Å². The van der Waals surface area contributed by atoms with Gasteiger partial charge >= 0.3 is 0 Å². The Bertz CT molecular complexity index is 706. The van der Waals surface area contributed by atoms with Gasteiger partial charge in [0, 0.05) is 39.4 Å². The fourth-order valence-electron chi connectivity index (χ4n) is 2.95. The summed E-state index contributed by atoms with van der Waals surface area (Å²) in [6, 6.07) is 0. The van der Waals surface area contributed by atoms with Gasteiger partial charge < -0.3 is 18.9 Å². The van der Waals surface area contributed by atoms with Crippen LogP contribution in [0.1, 0.15) is 41.8 Å². The molecule has 1 aliphatic rings. The molecule has 0 N–H and O–H groups in total. The molecule has 142 valence electrons. The third-order valence-electron chi connectivity index (χ3n) is 4.39. The first-order valence-corrected chi connectivity index (χ1v) is 8.93. The SMILES string of the molecule is CCn1cc(C(=O)N2CCC(OCCc3noc(COC)n3)CC2)cn1. The number of aryl methyl sites for hydroxylation is 1. The van der Waals surface area contributed by atoms with E-state index in [-0.39, 0.29) is 12.0 Å². The molecular weight excluding hydrogens is 338 g/mol. The average molecular weight is 363 g/mol. The van der Waals surface area contributed by atoms with E-state index in [0.29, 0.717) is 50.0 Å². The number of ether oxygens (including phenoxy) is 2. The number of piperidine rings is 1. The Kier molecular flexibility index (Phi) is 6.35. The lowest BCUT2D eigenvalue weighted by molar-refractivity contribution is 0.00947. The van der Waals surface area contributed by atoms with E-state index in [0.717, 1.165) is 19.4 Å². The van der Waals surface area contributed by atoms with Crippen LogP contribution in [-0.2, 0) is 29.0 Å². The monoisotopic (exact) mass is 363 g/mol. The number of methoxy groups -OCH3 is 1. The molecule has 0 atom stereocenters. The molecule has 1 aliphatic heterocycles. The van der Waals surface area contributed by atoms with Gasteiger partial charge in [0.15, 0.2) is 5.82 Å². The van der Waals surface area contributed by atoms with E-state index >= 15 is 0 Å². The molecule has 9 nitrogen and oxygen atoms in total. The highest BCUT2D eigenvalue weighted by Gasteiger charge is 2.24. The summed E-state index contributed by atoms with van der Waals surface area (Å²) < 4.78 is 17.7. The fourth-order valence-corrected chi connectivity index (χ4v) is 2.95. The highest BCUT2D eigenvalue weighted by molar-refractivity contribution is 5.93. The van der Waals surface area contributed by atoms with Gasteiger partial charge in [-0.25, -0.2) is 0 Å². The molecule has 9 heteroatoms. The van der Waals surface area contributed by atoms with E-state index in [4.69, 9.17) is 14.0 Å². The summed E-state index contributed by atoms with van der Waals surface area (Å²) in [5, 5.41) is 8.05. The molecule has 0 saturated carbocycles. The van der Waals surface area contributed by atoms with Crippen molar-refractivity contribution in [1.29, 1.82) is 0 Å². The lowest BCUT2D eigenvalue weighted by Crippen LogP contribution is -2.41. The zero-order valence-corrected chi connectivity index (χ0v) is 15.3. The van der Waals surface area contributed by atoms with Crippen LogP contribution in [0.3, 0.4) is 0 Å². The van der Waals surface area contributed by atoms with Gasteiger partial charge in [0.05, 0.1) is 24.5 Å². The predicted octanol–water partition coefficient (Wildman–Crippen LogP) is 1.30. The van der Waals surface area contributed by atoms with Crippen LogP contribution in [0, 0.1) is 0 Å². The third kappa shape index (κ3) is 4.67. The highest BCUT2D eigenvalue weighted by Crippen LogP contribution is 2.16. The first-order valence-electron chi connectivity index (χ1n) is 8.93. The maximum absolute atomic E-state index is 12.5. The molecule has 0 radical (unpaired) electrons. The molecule has 0 bridgehead atoms. The van der Waals surface area contributed by atoms with Crippen molar-refractivity contribution in [2.75, 3.05) is 26.8 Å². The number of amides is 1. The van der Waals surface area contributed by atoms with E-state index in [1.54, 1.807) is 24.2 Å². The zero-order valence-electron chi connectivity index (χ0n) is 15.3. The molecule has 2 aromatic heterocycles. The molecule has 1 saturated heterocycles. The second-order valence-corrected chi connectivity index (χ2v) is 6.23. The van der Waals surface area contributed by atoms with Crippen LogP contribution < -0.4 is 0 Å². The Morgan fingerprint density at radius 1 is 1.38 bits per heavy atom. The maximum atomic E-state index is 12.5. The molecule has 26 heavy (non-hydrogen) atoms. The molecule has 0 aromatic carbocycles. The average Bonchev–Trinajstić information content (AvgIpc) is 3.31. The topological polar surface area (TPSA) is 95.5 Å². The van der Waals surface area contributed by atoms with E-state index in [9.17, 15) is 4.79 Å². The van der Waals surface area contributed by atoms with E-state index in [1.807, 2.05) is 11.8 Å². The summed E-state index contributed by atoms with van der Waals surface area (Å²) in [6.45, 7) is 5.00. The Hall–Kier alpha value is -2.26. The number of aromatic nitrogens is 4. The quantitative estimate of drug-likeness (QED) is 0.697. The number of nitrogens with zero attached hydrogens (tertiary/aromatic N) is 5. The van der Waals surface area contributed by atoms with Crippen molar-refractivity contribution in [3.8, 4) is 0 Å². The van der Waals surface area contributed by atoms with Gasteiger partial charge in [0.2, 0.25) is 0 Å². The Morgan fingerprint density at radius 3 is 2.88 bits per heavy atom. The normalized spacial score (nSPS) is 15.5. The third-order valence-corrected chi connectivity index (χ3v) is 4.39. The Balaban J connectivity index is 1.38. The second kappa shape index (κ2) is 8.91. The van der Waals surface area contributed by atoms with E-state index < -0.39 is 0 Å². The minimum atomic E-state index is 0.0422. The molecule has 2 aromatic rings. The van der Waals surface area contributed by atoms with Crippen molar-refractivity contribution in [3.63, 3.8) is 0 Å². The van der Waals surface area contributed by atoms with Gasteiger partial charge in [0.25, 0.3) is 11.8 Å². The largest absolute Gasteiger partial charge is 0.378 e. The lowest BCUT2D eigenvalue weighted by atomic mass is 10.1. The molecule has 0 unspecified atom stereocenters. The van der Waals surface area contributed by atoms with Crippen LogP contribution in [0.4, 0.5) is 0 Å². The zero-order chi connectivity index (χ0) is 18.4. The Labute approximate surface area is 152 Å². The van der Waals surface area contributed by atoms with Crippen LogP contribution >= 0.6 is 0 Å². The van der Waals surface area contributed by atoms with Crippen LogP contribution in [0.2, 0.25) is 0 Å². The minimum Gasteiger partial charge on any atom is -0.378 e. The Morgan fingerprint density at radius 2 is 2.19 bits per heavy atom. The van der Waals surface area contributed by atoms with E-state index in [2.05, 4.69) is 15.2 Å². The summed E-state index contributed by atoms with van der Waals surface area (Å²) >= 11 is 0. The van der Waals surface area contributed by atoms with Crippen molar-refractivity contribution in [2.24, 2.45) is 0 Å². The maximum Gasteiger partial charge on any atom is 0.257 e. The van der Waals surface area contributed by atoms with Gasteiger partial charge in [-0.15, -0.1) is 0 Å². The predicted molar refractivity (Wildman–Crippen MR) is 91.5 cm³/mol. The fraction of sp³-hybridized carbons (Fsp3) is 0.647. The number of rotatable bonds is 8. The molecule has 1 amide bonds. The van der Waals surface area contributed by atoms with Crippen LogP contribution in [-0.4, -0.2) is 63.6 Å². The molecule has 3 heterocycles. The lowest BCUT2D eigenvalue weighted by Gasteiger charge is -2.31. The molecule has 0 spiro atoms. The highest BCUT2D eigenvalue weighted by atomic mass is 16.5. The second-order valence-electron chi connectivity index (χ2n) is 6.23. The van der Waals surface area contributed by atoms with Gasteiger partial charge in [-0.3, -0.25) is 9.48 Å². The number of likely N-dealkylation sites (tertiary alicyclic amines) is 1. The number of carbonyl (C=O) groups is 1. The minimum absolute atomic E-state index is 0.0422. The summed E-state index contributed by atoms with van der Waals surface area (Å²) in [5.41, 5.74) is 0.648. The van der Waals surface area contributed by atoms with Crippen molar-refractivity contribution < 1.29 is 18.8 Å². The molecule has 3 rings (SSSR count). The molecule has 1 fully saturated rings. The van der Waals surface area contributed by atoms with Gasteiger partial charge in [-0.2, -0.15) is 10.1 Å². The van der Waals surface area contributed by atoms with Crippen LogP contribution in [0.15, 0.2) is 16.9 Å². The summed E-state index contributed by atoms with van der Waals surface area (Å²) in [5.74, 6) is 1.14. The van der Waals surface area contributed by atoms with Crippen molar-refractivity contribution in [1.82, 2.24) is 24.8 Å². The number of hydrogen-bond donors (Lipinski definition) is 0. The van der Waals surface area contributed by atoms with Crippen molar-refractivity contribution >= 4 is 5.91 Å². The summed E-state index contributed by atoms with van der Waals surface area (Å²) in [6.07, 6.45) is 5.85. The van der Waals surface area contributed by atoms with Crippen molar-refractivity contribution in [3.05, 3.63) is 29.7 Å². The first kappa shape index (κ1) is 18.5.